The van der Waals surface area contributed by atoms with Crippen molar-refractivity contribution in [2.75, 3.05) is 19.6 Å². The summed E-state index contributed by atoms with van der Waals surface area (Å²) in [6.07, 6.45) is 5.23. The third-order valence-corrected chi connectivity index (χ3v) is 3.97. The van der Waals surface area contributed by atoms with Gasteiger partial charge < -0.3 is 16.0 Å². The Bertz CT molecular complexity index is 265. The normalized spacial score (nSPS) is 27.8. The van der Waals surface area contributed by atoms with Gasteiger partial charge in [-0.2, -0.15) is 0 Å². The molecule has 2 fully saturated rings. The standard InChI is InChI=1S/C13H25N3O/c1-2-16-7-3-4-11(9-16)15-13(17)8-12(14)10-5-6-10/h10-12H,2-9,14H2,1H3,(H,15,17). The van der Waals surface area contributed by atoms with Crippen LogP contribution in [0.2, 0.25) is 0 Å². The highest BCUT2D eigenvalue weighted by Crippen LogP contribution is 2.32. The Morgan fingerprint density at radius 3 is 2.88 bits per heavy atom. The maximum atomic E-state index is 11.8. The van der Waals surface area contributed by atoms with Crippen LogP contribution in [0.15, 0.2) is 0 Å². The first-order chi connectivity index (χ1) is 8.19. The Morgan fingerprint density at radius 2 is 2.24 bits per heavy atom. The lowest BCUT2D eigenvalue weighted by atomic mass is 10.0. The van der Waals surface area contributed by atoms with Crippen LogP contribution in [0.1, 0.15) is 39.0 Å². The number of piperidine rings is 1. The second-order valence-electron chi connectivity index (χ2n) is 5.51. The summed E-state index contributed by atoms with van der Waals surface area (Å²) < 4.78 is 0. The number of likely N-dealkylation sites (tertiary alicyclic amines) is 1. The fourth-order valence-electron chi connectivity index (χ4n) is 2.65. The van der Waals surface area contributed by atoms with Gasteiger partial charge in [0.2, 0.25) is 5.91 Å². The molecule has 4 nitrogen and oxygen atoms in total. The van der Waals surface area contributed by atoms with E-state index in [4.69, 9.17) is 5.73 Å². The third kappa shape index (κ3) is 3.96. The van der Waals surface area contributed by atoms with Gasteiger partial charge in [0.15, 0.2) is 0 Å². The number of carbonyl (C=O) groups excluding carboxylic acids is 1. The zero-order valence-corrected chi connectivity index (χ0v) is 10.8. The van der Waals surface area contributed by atoms with E-state index in [2.05, 4.69) is 17.1 Å². The number of hydrogen-bond acceptors (Lipinski definition) is 3. The molecule has 0 radical (unpaired) electrons. The third-order valence-electron chi connectivity index (χ3n) is 3.97. The molecular weight excluding hydrogens is 214 g/mol. The molecule has 1 saturated heterocycles. The van der Waals surface area contributed by atoms with Crippen molar-refractivity contribution in [3.05, 3.63) is 0 Å². The number of amides is 1. The van der Waals surface area contributed by atoms with Crippen LogP contribution in [0.4, 0.5) is 0 Å². The SMILES string of the molecule is CCN1CCCC(NC(=O)CC(N)C2CC2)C1. The average molecular weight is 239 g/mol. The molecule has 98 valence electrons. The lowest BCUT2D eigenvalue weighted by molar-refractivity contribution is -0.122. The van der Waals surface area contributed by atoms with Gasteiger partial charge in [-0.25, -0.2) is 0 Å². The summed E-state index contributed by atoms with van der Waals surface area (Å²) in [4.78, 5) is 14.2. The lowest BCUT2D eigenvalue weighted by Crippen LogP contribution is -2.48. The average Bonchev–Trinajstić information content (AvgIpc) is 3.12. The van der Waals surface area contributed by atoms with E-state index in [1.165, 1.54) is 25.8 Å². The zero-order chi connectivity index (χ0) is 12.3. The van der Waals surface area contributed by atoms with Crippen molar-refractivity contribution >= 4 is 5.91 Å². The summed E-state index contributed by atoms with van der Waals surface area (Å²) >= 11 is 0. The molecule has 0 bridgehead atoms. The van der Waals surface area contributed by atoms with Gasteiger partial charge in [0.25, 0.3) is 0 Å². The van der Waals surface area contributed by atoms with E-state index in [-0.39, 0.29) is 11.9 Å². The van der Waals surface area contributed by atoms with Crippen LogP contribution in [-0.2, 0) is 4.79 Å². The number of hydrogen-bond donors (Lipinski definition) is 2. The molecular formula is C13H25N3O. The zero-order valence-electron chi connectivity index (χ0n) is 10.8. The monoisotopic (exact) mass is 239 g/mol. The highest BCUT2D eigenvalue weighted by Gasteiger charge is 2.30. The Kier molecular flexibility index (Phi) is 4.40. The first-order valence-corrected chi connectivity index (χ1v) is 6.96. The minimum absolute atomic E-state index is 0.0841. The summed E-state index contributed by atoms with van der Waals surface area (Å²) in [6.45, 7) is 5.42. The van der Waals surface area contributed by atoms with Crippen LogP contribution in [-0.4, -0.2) is 42.5 Å². The molecule has 4 heteroatoms. The Morgan fingerprint density at radius 1 is 1.47 bits per heavy atom. The van der Waals surface area contributed by atoms with Gasteiger partial charge in [0.1, 0.15) is 0 Å². The largest absolute Gasteiger partial charge is 0.352 e. The molecule has 0 aromatic heterocycles. The number of nitrogens with two attached hydrogens (primary N) is 1. The van der Waals surface area contributed by atoms with Crippen molar-refractivity contribution < 1.29 is 4.79 Å². The molecule has 17 heavy (non-hydrogen) atoms. The summed E-state index contributed by atoms with van der Waals surface area (Å²) in [6, 6.07) is 0.420. The summed E-state index contributed by atoms with van der Waals surface area (Å²) in [5.41, 5.74) is 5.97. The van der Waals surface area contributed by atoms with Crippen molar-refractivity contribution in [1.82, 2.24) is 10.2 Å². The maximum Gasteiger partial charge on any atom is 0.221 e. The predicted octanol–water partition coefficient (Wildman–Crippen LogP) is 0.714. The van der Waals surface area contributed by atoms with Gasteiger partial charge in [-0.15, -0.1) is 0 Å². The molecule has 1 amide bonds. The molecule has 1 aliphatic carbocycles. The molecule has 0 spiro atoms. The predicted molar refractivity (Wildman–Crippen MR) is 68.6 cm³/mol. The quantitative estimate of drug-likeness (QED) is 0.743. The van der Waals surface area contributed by atoms with Gasteiger partial charge in [-0.3, -0.25) is 4.79 Å². The maximum absolute atomic E-state index is 11.8. The molecule has 3 N–H and O–H groups in total. The van der Waals surface area contributed by atoms with Crippen molar-refractivity contribution in [2.24, 2.45) is 11.7 Å². The van der Waals surface area contributed by atoms with Crippen molar-refractivity contribution in [2.45, 2.75) is 51.1 Å². The summed E-state index contributed by atoms with van der Waals surface area (Å²) in [7, 11) is 0. The number of nitrogens with one attached hydrogen (secondary N) is 1. The molecule has 2 unspecified atom stereocenters. The highest BCUT2D eigenvalue weighted by molar-refractivity contribution is 5.77. The summed E-state index contributed by atoms with van der Waals surface area (Å²) in [5.74, 6) is 0.756. The van der Waals surface area contributed by atoms with Crippen molar-refractivity contribution in [1.29, 1.82) is 0 Å². The topological polar surface area (TPSA) is 58.4 Å². The molecule has 1 saturated carbocycles. The van der Waals surface area contributed by atoms with E-state index in [9.17, 15) is 4.79 Å². The Balaban J connectivity index is 1.69. The fourth-order valence-corrected chi connectivity index (χ4v) is 2.65. The molecule has 1 aliphatic heterocycles. The van der Waals surface area contributed by atoms with E-state index < -0.39 is 0 Å². The lowest BCUT2D eigenvalue weighted by Gasteiger charge is -2.32. The number of carbonyl (C=O) groups is 1. The second kappa shape index (κ2) is 5.83. The molecule has 2 rings (SSSR count). The van der Waals surface area contributed by atoms with Crippen LogP contribution in [0.25, 0.3) is 0 Å². The van der Waals surface area contributed by atoms with Gasteiger partial charge in [-0.05, 0) is 44.7 Å². The van der Waals surface area contributed by atoms with Gasteiger partial charge in [-0.1, -0.05) is 6.92 Å². The first kappa shape index (κ1) is 12.8. The van der Waals surface area contributed by atoms with Gasteiger partial charge in [0, 0.05) is 25.0 Å². The molecule has 0 aromatic carbocycles. The summed E-state index contributed by atoms with van der Waals surface area (Å²) in [5, 5.41) is 3.14. The number of rotatable bonds is 5. The molecule has 0 aromatic rings. The van der Waals surface area contributed by atoms with E-state index >= 15 is 0 Å². The molecule has 2 aliphatic rings. The highest BCUT2D eigenvalue weighted by atomic mass is 16.1. The number of nitrogens with zero attached hydrogens (tertiary/aromatic N) is 1. The van der Waals surface area contributed by atoms with E-state index in [0.29, 0.717) is 18.4 Å². The van der Waals surface area contributed by atoms with Crippen LogP contribution in [0.5, 0.6) is 0 Å². The Labute approximate surface area is 104 Å². The minimum atomic E-state index is 0.0841. The van der Waals surface area contributed by atoms with E-state index in [0.717, 1.165) is 19.5 Å². The van der Waals surface area contributed by atoms with Gasteiger partial charge in [0.05, 0.1) is 0 Å². The fraction of sp³-hybridized carbons (Fsp3) is 0.923. The van der Waals surface area contributed by atoms with Crippen molar-refractivity contribution in [3.63, 3.8) is 0 Å². The van der Waals surface area contributed by atoms with E-state index in [1.54, 1.807) is 0 Å². The first-order valence-electron chi connectivity index (χ1n) is 6.96. The second-order valence-corrected chi connectivity index (χ2v) is 5.51. The van der Waals surface area contributed by atoms with Crippen LogP contribution in [0, 0.1) is 5.92 Å². The smallest absolute Gasteiger partial charge is 0.221 e. The Hall–Kier alpha value is -0.610. The van der Waals surface area contributed by atoms with Crippen molar-refractivity contribution in [3.8, 4) is 0 Å². The number of likely N-dealkylation sites (N-methyl/N-ethyl adjacent to an activating group) is 1. The molecule has 2 atom stereocenters. The van der Waals surface area contributed by atoms with Crippen LogP contribution < -0.4 is 11.1 Å². The van der Waals surface area contributed by atoms with Crippen LogP contribution in [0.3, 0.4) is 0 Å². The van der Waals surface area contributed by atoms with Crippen LogP contribution >= 0.6 is 0 Å². The molecule has 1 heterocycles. The van der Waals surface area contributed by atoms with E-state index in [1.807, 2.05) is 0 Å². The van der Waals surface area contributed by atoms with Gasteiger partial charge >= 0.3 is 0 Å². The minimum Gasteiger partial charge on any atom is -0.352 e.